The lowest BCUT2D eigenvalue weighted by Gasteiger charge is -2.10. The van der Waals surface area contributed by atoms with Crippen LogP contribution in [0, 0.1) is 11.3 Å². The van der Waals surface area contributed by atoms with Gasteiger partial charge in [0, 0.05) is 11.1 Å². The molecule has 0 atom stereocenters. The lowest BCUT2D eigenvalue weighted by Crippen LogP contribution is -2.02. The Morgan fingerprint density at radius 2 is 1.55 bits per heavy atom. The van der Waals surface area contributed by atoms with Gasteiger partial charge in [-0.25, -0.2) is 4.79 Å². The molecule has 0 spiro atoms. The third-order valence-corrected chi connectivity index (χ3v) is 4.22. The average Bonchev–Trinajstić information content (AvgIpc) is 2.77. The highest BCUT2D eigenvalue weighted by atomic mass is 16.5. The van der Waals surface area contributed by atoms with Crippen molar-refractivity contribution in [3.63, 3.8) is 0 Å². The van der Waals surface area contributed by atoms with Crippen LogP contribution in [0.2, 0.25) is 0 Å². The van der Waals surface area contributed by atoms with Crippen LogP contribution in [0.5, 0.6) is 5.75 Å². The van der Waals surface area contributed by atoms with Crippen LogP contribution in [0.25, 0.3) is 6.08 Å². The van der Waals surface area contributed by atoms with Crippen molar-refractivity contribution in [2.24, 2.45) is 0 Å². The highest BCUT2D eigenvalue weighted by Gasteiger charge is 2.13. The molecule has 0 fully saturated rings. The second-order valence-electron chi connectivity index (χ2n) is 6.19. The van der Waals surface area contributed by atoms with Gasteiger partial charge in [0.25, 0.3) is 0 Å². The maximum atomic E-state index is 12.6. The summed E-state index contributed by atoms with van der Waals surface area (Å²) in [5.41, 5.74) is 2.07. The van der Waals surface area contributed by atoms with Gasteiger partial charge in [-0.05, 0) is 29.8 Å². The van der Waals surface area contributed by atoms with Crippen molar-refractivity contribution < 1.29 is 19.4 Å². The fourth-order valence-corrected chi connectivity index (χ4v) is 2.68. The number of ketones is 1. The summed E-state index contributed by atoms with van der Waals surface area (Å²) >= 11 is 0. The smallest absolute Gasteiger partial charge is 0.335 e. The molecule has 0 saturated heterocycles. The van der Waals surface area contributed by atoms with Crippen LogP contribution in [-0.2, 0) is 6.61 Å². The minimum absolute atomic E-state index is 0.0121. The number of Topliss-reactive ketones (excluding diaryl/α,β-unsaturated/α-hetero) is 1. The minimum atomic E-state index is -0.986. The van der Waals surface area contributed by atoms with E-state index in [-0.39, 0.29) is 23.5 Å². The first-order valence-corrected chi connectivity index (χ1v) is 8.84. The van der Waals surface area contributed by atoms with Crippen LogP contribution < -0.4 is 4.74 Å². The summed E-state index contributed by atoms with van der Waals surface area (Å²) in [6, 6.07) is 24.1. The maximum Gasteiger partial charge on any atom is 0.335 e. The molecular weight excluding hydrogens is 366 g/mol. The van der Waals surface area contributed by atoms with E-state index in [1.54, 1.807) is 66.7 Å². The Labute approximate surface area is 168 Å². The molecule has 29 heavy (non-hydrogen) atoms. The Morgan fingerprint density at radius 1 is 0.897 bits per heavy atom. The van der Waals surface area contributed by atoms with Gasteiger partial charge in [-0.2, -0.15) is 5.26 Å². The first-order valence-electron chi connectivity index (χ1n) is 8.84. The van der Waals surface area contributed by atoms with Gasteiger partial charge in [0.2, 0.25) is 5.78 Å². The van der Waals surface area contributed by atoms with Crippen molar-refractivity contribution in [1.29, 1.82) is 5.26 Å². The maximum absolute atomic E-state index is 12.6. The van der Waals surface area contributed by atoms with Crippen molar-refractivity contribution in [3.8, 4) is 11.8 Å². The van der Waals surface area contributed by atoms with Gasteiger partial charge < -0.3 is 9.84 Å². The molecule has 0 radical (unpaired) electrons. The molecular formula is C24H17NO4. The van der Waals surface area contributed by atoms with Crippen LogP contribution >= 0.6 is 0 Å². The van der Waals surface area contributed by atoms with Gasteiger partial charge in [-0.1, -0.05) is 60.7 Å². The molecule has 0 bridgehead atoms. The highest BCUT2D eigenvalue weighted by Crippen LogP contribution is 2.23. The Balaban J connectivity index is 1.81. The SMILES string of the molecule is N#C/C(=C\c1ccccc1OCc1ccc(C(=O)O)cc1)C(=O)c1ccccc1. The van der Waals surface area contributed by atoms with Crippen molar-refractivity contribution in [3.05, 3.63) is 107 Å². The first kappa shape index (κ1) is 19.6. The third kappa shape index (κ3) is 4.96. The third-order valence-electron chi connectivity index (χ3n) is 4.22. The summed E-state index contributed by atoms with van der Waals surface area (Å²) in [6.45, 7) is 0.221. The first-order chi connectivity index (χ1) is 14.1. The monoisotopic (exact) mass is 383 g/mol. The second kappa shape index (κ2) is 9.16. The zero-order valence-corrected chi connectivity index (χ0v) is 15.4. The summed E-state index contributed by atoms with van der Waals surface area (Å²) in [5, 5.41) is 18.4. The van der Waals surface area contributed by atoms with Gasteiger partial charge in [0.15, 0.2) is 0 Å². The number of ether oxygens (including phenoxy) is 1. The number of aromatic carboxylic acids is 1. The van der Waals surface area contributed by atoms with Gasteiger partial charge in [0.05, 0.1) is 5.56 Å². The minimum Gasteiger partial charge on any atom is -0.488 e. The number of benzene rings is 3. The largest absolute Gasteiger partial charge is 0.488 e. The molecule has 3 rings (SSSR count). The second-order valence-corrected chi connectivity index (χ2v) is 6.19. The number of carbonyl (C=O) groups is 2. The van der Waals surface area contributed by atoms with E-state index in [2.05, 4.69) is 0 Å². The van der Waals surface area contributed by atoms with E-state index in [4.69, 9.17) is 9.84 Å². The number of carbonyl (C=O) groups excluding carboxylic acids is 1. The van der Waals surface area contributed by atoms with E-state index < -0.39 is 5.97 Å². The van der Waals surface area contributed by atoms with E-state index in [1.165, 1.54) is 18.2 Å². The summed E-state index contributed by atoms with van der Waals surface area (Å²) in [7, 11) is 0. The molecule has 0 amide bonds. The standard InChI is InChI=1S/C24H17NO4/c25-15-21(23(26)18-6-2-1-3-7-18)14-20-8-4-5-9-22(20)29-16-17-10-12-19(13-11-17)24(27)28/h1-14H,16H2,(H,27,28)/b21-14+. The van der Waals surface area contributed by atoms with E-state index >= 15 is 0 Å². The summed E-state index contributed by atoms with van der Waals surface area (Å²) in [4.78, 5) is 23.5. The predicted octanol–water partition coefficient (Wildman–Crippen LogP) is 4.75. The number of nitriles is 1. The quantitative estimate of drug-likeness (QED) is 0.361. The molecule has 0 saturated carbocycles. The molecule has 0 aliphatic rings. The number of hydrogen-bond donors (Lipinski definition) is 1. The normalized spacial score (nSPS) is 10.8. The summed E-state index contributed by atoms with van der Waals surface area (Å²) in [5.74, 6) is -0.823. The van der Waals surface area contributed by atoms with Gasteiger partial charge in [-0.15, -0.1) is 0 Å². The van der Waals surface area contributed by atoms with Crippen LogP contribution in [-0.4, -0.2) is 16.9 Å². The van der Waals surface area contributed by atoms with E-state index in [9.17, 15) is 14.9 Å². The predicted molar refractivity (Wildman–Crippen MR) is 109 cm³/mol. The highest BCUT2D eigenvalue weighted by molar-refractivity contribution is 6.14. The molecule has 0 aliphatic heterocycles. The molecule has 3 aromatic rings. The molecule has 5 heteroatoms. The zero-order valence-electron chi connectivity index (χ0n) is 15.4. The van der Waals surface area contributed by atoms with Crippen molar-refractivity contribution in [2.75, 3.05) is 0 Å². The number of para-hydroxylation sites is 1. The summed E-state index contributed by atoms with van der Waals surface area (Å²) < 4.78 is 5.84. The Morgan fingerprint density at radius 3 is 2.21 bits per heavy atom. The fraction of sp³-hybridized carbons (Fsp3) is 0.0417. The van der Waals surface area contributed by atoms with Crippen LogP contribution in [0.15, 0.2) is 84.4 Å². The Hall–Kier alpha value is -4.17. The lowest BCUT2D eigenvalue weighted by molar-refractivity contribution is 0.0696. The van der Waals surface area contributed by atoms with Gasteiger partial charge in [-0.3, -0.25) is 4.79 Å². The molecule has 0 aromatic heterocycles. The van der Waals surface area contributed by atoms with Crippen molar-refractivity contribution in [1.82, 2.24) is 0 Å². The van der Waals surface area contributed by atoms with Crippen LogP contribution in [0.1, 0.15) is 31.8 Å². The number of carboxylic acid groups (broad SMARTS) is 1. The fourth-order valence-electron chi connectivity index (χ4n) is 2.68. The molecule has 142 valence electrons. The number of nitrogens with zero attached hydrogens (tertiary/aromatic N) is 1. The van der Waals surface area contributed by atoms with E-state index in [0.29, 0.717) is 16.9 Å². The number of carboxylic acids is 1. The van der Waals surface area contributed by atoms with E-state index in [1.807, 2.05) is 6.07 Å². The van der Waals surface area contributed by atoms with Crippen LogP contribution in [0.3, 0.4) is 0 Å². The molecule has 0 unspecified atom stereocenters. The molecule has 0 heterocycles. The van der Waals surface area contributed by atoms with Crippen molar-refractivity contribution >= 4 is 17.8 Å². The van der Waals surface area contributed by atoms with Gasteiger partial charge in [0.1, 0.15) is 24.0 Å². The van der Waals surface area contributed by atoms with Gasteiger partial charge >= 0.3 is 5.97 Å². The Bertz CT molecular complexity index is 1090. The Kier molecular flexibility index (Phi) is 6.18. The molecule has 3 aromatic carbocycles. The summed E-state index contributed by atoms with van der Waals surface area (Å²) in [6.07, 6.45) is 1.51. The average molecular weight is 383 g/mol. The molecule has 1 N–H and O–H groups in total. The van der Waals surface area contributed by atoms with E-state index in [0.717, 1.165) is 5.56 Å². The zero-order chi connectivity index (χ0) is 20.6. The van der Waals surface area contributed by atoms with Crippen molar-refractivity contribution in [2.45, 2.75) is 6.61 Å². The molecule has 0 aliphatic carbocycles. The topological polar surface area (TPSA) is 87.4 Å². The number of hydrogen-bond acceptors (Lipinski definition) is 4. The number of rotatable bonds is 7. The lowest BCUT2D eigenvalue weighted by atomic mass is 10.0. The molecule has 5 nitrogen and oxygen atoms in total. The van der Waals surface area contributed by atoms with Crippen LogP contribution in [0.4, 0.5) is 0 Å². The number of allylic oxidation sites excluding steroid dienone is 1.